The second kappa shape index (κ2) is 6.40. The van der Waals surface area contributed by atoms with Crippen LogP contribution in [0.2, 0.25) is 0 Å². The zero-order chi connectivity index (χ0) is 13.6. The number of methoxy groups -OCH3 is 1. The van der Waals surface area contributed by atoms with Crippen molar-refractivity contribution >= 4 is 11.7 Å². The van der Waals surface area contributed by atoms with Gasteiger partial charge in [0.15, 0.2) is 5.60 Å². The number of benzene rings is 1. The summed E-state index contributed by atoms with van der Waals surface area (Å²) in [6.07, 6.45) is 2.01. The third kappa shape index (κ3) is 3.74. The highest BCUT2D eigenvalue weighted by atomic mass is 16.5. The Morgan fingerprint density at radius 2 is 2.11 bits per heavy atom. The molecule has 0 radical (unpaired) electrons. The van der Waals surface area contributed by atoms with Crippen LogP contribution in [0.3, 0.4) is 0 Å². The zero-order valence-corrected chi connectivity index (χ0v) is 11.2. The number of aliphatic hydroxyl groups is 1. The van der Waals surface area contributed by atoms with Crippen LogP contribution in [0.4, 0.5) is 5.69 Å². The molecule has 0 fully saturated rings. The Morgan fingerprint density at radius 1 is 1.44 bits per heavy atom. The van der Waals surface area contributed by atoms with E-state index in [0.29, 0.717) is 0 Å². The summed E-state index contributed by atoms with van der Waals surface area (Å²) in [5.74, 6) is -0.636. The molecule has 1 atom stereocenters. The Hall–Kier alpha value is -1.55. The number of anilines is 1. The average molecular weight is 251 g/mol. The van der Waals surface area contributed by atoms with Gasteiger partial charge in [0.05, 0.1) is 13.7 Å². The molecule has 0 saturated heterocycles. The summed E-state index contributed by atoms with van der Waals surface area (Å²) in [4.78, 5) is 11.4. The Labute approximate surface area is 108 Å². The molecule has 0 amide bonds. The molecule has 1 aromatic rings. The number of esters is 1. The van der Waals surface area contributed by atoms with E-state index < -0.39 is 11.6 Å². The SMILES string of the molecule is CCCc1ccccc1NCC(C)(O)C(=O)OC. The number of nitrogens with one attached hydrogen (secondary N) is 1. The van der Waals surface area contributed by atoms with E-state index in [9.17, 15) is 9.90 Å². The standard InChI is InChI=1S/C14H21NO3/c1-4-7-11-8-5-6-9-12(11)15-10-14(2,17)13(16)18-3/h5-6,8-9,15,17H,4,7,10H2,1-3H3. The fourth-order valence-electron chi connectivity index (χ4n) is 1.74. The topological polar surface area (TPSA) is 58.6 Å². The van der Waals surface area contributed by atoms with Gasteiger partial charge in [0.25, 0.3) is 0 Å². The number of aryl methyl sites for hydroxylation is 1. The first-order valence-corrected chi connectivity index (χ1v) is 6.14. The highest BCUT2D eigenvalue weighted by Gasteiger charge is 2.31. The molecule has 0 aromatic heterocycles. The minimum Gasteiger partial charge on any atom is -0.467 e. The summed E-state index contributed by atoms with van der Waals surface area (Å²) < 4.78 is 4.55. The Morgan fingerprint density at radius 3 is 2.72 bits per heavy atom. The molecule has 2 N–H and O–H groups in total. The summed E-state index contributed by atoms with van der Waals surface area (Å²) in [6, 6.07) is 7.89. The van der Waals surface area contributed by atoms with E-state index in [2.05, 4.69) is 17.0 Å². The third-order valence-corrected chi connectivity index (χ3v) is 2.78. The molecule has 1 unspecified atom stereocenters. The molecular formula is C14H21NO3. The summed E-state index contributed by atoms with van der Waals surface area (Å²) in [7, 11) is 1.27. The van der Waals surface area contributed by atoms with Gasteiger partial charge < -0.3 is 15.2 Å². The highest BCUT2D eigenvalue weighted by molar-refractivity contribution is 5.79. The van der Waals surface area contributed by atoms with Crippen molar-refractivity contribution < 1.29 is 14.6 Å². The van der Waals surface area contributed by atoms with Crippen LogP contribution in [0.1, 0.15) is 25.8 Å². The van der Waals surface area contributed by atoms with Gasteiger partial charge in [0, 0.05) is 5.69 Å². The first-order chi connectivity index (χ1) is 8.51. The van der Waals surface area contributed by atoms with Crippen molar-refractivity contribution in [2.24, 2.45) is 0 Å². The van der Waals surface area contributed by atoms with Crippen LogP contribution in [0.5, 0.6) is 0 Å². The first-order valence-electron chi connectivity index (χ1n) is 6.14. The van der Waals surface area contributed by atoms with Crippen molar-refractivity contribution in [1.29, 1.82) is 0 Å². The van der Waals surface area contributed by atoms with Crippen molar-refractivity contribution in [2.45, 2.75) is 32.3 Å². The van der Waals surface area contributed by atoms with Gasteiger partial charge in [-0.05, 0) is 25.0 Å². The number of rotatable bonds is 6. The lowest BCUT2D eigenvalue weighted by molar-refractivity contribution is -0.158. The smallest absolute Gasteiger partial charge is 0.339 e. The molecule has 18 heavy (non-hydrogen) atoms. The second-order valence-corrected chi connectivity index (χ2v) is 4.53. The zero-order valence-electron chi connectivity index (χ0n) is 11.2. The predicted molar refractivity (Wildman–Crippen MR) is 71.6 cm³/mol. The highest BCUT2D eigenvalue weighted by Crippen LogP contribution is 2.18. The fourth-order valence-corrected chi connectivity index (χ4v) is 1.74. The van der Waals surface area contributed by atoms with E-state index >= 15 is 0 Å². The van der Waals surface area contributed by atoms with Crippen molar-refractivity contribution in [1.82, 2.24) is 0 Å². The van der Waals surface area contributed by atoms with Gasteiger partial charge in [-0.1, -0.05) is 31.5 Å². The number of ether oxygens (including phenoxy) is 1. The van der Waals surface area contributed by atoms with Crippen LogP contribution in [-0.2, 0) is 16.0 Å². The Kier molecular flexibility index (Phi) is 5.16. The molecular weight excluding hydrogens is 230 g/mol. The van der Waals surface area contributed by atoms with Gasteiger partial charge >= 0.3 is 5.97 Å². The van der Waals surface area contributed by atoms with Crippen LogP contribution in [-0.4, -0.2) is 30.3 Å². The fraction of sp³-hybridized carbons (Fsp3) is 0.500. The Balaban J connectivity index is 2.71. The number of para-hydroxylation sites is 1. The molecule has 0 spiro atoms. The van der Waals surface area contributed by atoms with Gasteiger partial charge in [-0.25, -0.2) is 4.79 Å². The minimum atomic E-state index is -1.52. The van der Waals surface area contributed by atoms with Gasteiger partial charge in [-0.2, -0.15) is 0 Å². The Bertz CT molecular complexity index is 402. The van der Waals surface area contributed by atoms with Crippen LogP contribution >= 0.6 is 0 Å². The van der Waals surface area contributed by atoms with Crippen LogP contribution < -0.4 is 5.32 Å². The maximum absolute atomic E-state index is 11.4. The average Bonchev–Trinajstić information content (AvgIpc) is 2.37. The van der Waals surface area contributed by atoms with E-state index in [1.165, 1.54) is 19.6 Å². The number of carbonyl (C=O) groups excluding carboxylic acids is 1. The first kappa shape index (κ1) is 14.5. The van der Waals surface area contributed by atoms with Gasteiger partial charge in [-0.3, -0.25) is 0 Å². The van der Waals surface area contributed by atoms with E-state index in [1.54, 1.807) is 0 Å². The molecule has 1 aromatic carbocycles. The second-order valence-electron chi connectivity index (χ2n) is 4.53. The number of carbonyl (C=O) groups is 1. The lowest BCUT2D eigenvalue weighted by Gasteiger charge is -2.22. The lowest BCUT2D eigenvalue weighted by Crippen LogP contribution is -2.42. The monoisotopic (exact) mass is 251 g/mol. The van der Waals surface area contributed by atoms with Crippen molar-refractivity contribution in [3.8, 4) is 0 Å². The summed E-state index contributed by atoms with van der Waals surface area (Å²) in [5, 5.41) is 13.0. The summed E-state index contributed by atoms with van der Waals surface area (Å²) in [5.41, 5.74) is 0.609. The summed E-state index contributed by atoms with van der Waals surface area (Å²) >= 11 is 0. The van der Waals surface area contributed by atoms with Crippen LogP contribution in [0, 0.1) is 0 Å². The third-order valence-electron chi connectivity index (χ3n) is 2.78. The number of hydrogen-bond acceptors (Lipinski definition) is 4. The maximum atomic E-state index is 11.4. The van der Waals surface area contributed by atoms with E-state index in [0.717, 1.165) is 18.5 Å². The molecule has 0 saturated carbocycles. The minimum absolute atomic E-state index is 0.125. The van der Waals surface area contributed by atoms with Crippen molar-refractivity contribution in [2.75, 3.05) is 19.0 Å². The molecule has 0 aliphatic carbocycles. The lowest BCUT2D eigenvalue weighted by atomic mass is 10.1. The summed E-state index contributed by atoms with van der Waals surface area (Å²) in [6.45, 7) is 3.68. The molecule has 0 heterocycles. The molecule has 4 heteroatoms. The van der Waals surface area contributed by atoms with Gasteiger partial charge in [0.1, 0.15) is 0 Å². The predicted octanol–water partition coefficient (Wildman–Crippen LogP) is 1.98. The largest absolute Gasteiger partial charge is 0.467 e. The van der Waals surface area contributed by atoms with Gasteiger partial charge in [-0.15, -0.1) is 0 Å². The van der Waals surface area contributed by atoms with E-state index in [4.69, 9.17) is 0 Å². The number of hydrogen-bond donors (Lipinski definition) is 2. The van der Waals surface area contributed by atoms with E-state index in [-0.39, 0.29) is 6.54 Å². The molecule has 0 aliphatic rings. The van der Waals surface area contributed by atoms with Crippen LogP contribution in [0.25, 0.3) is 0 Å². The van der Waals surface area contributed by atoms with Gasteiger partial charge in [0.2, 0.25) is 0 Å². The van der Waals surface area contributed by atoms with Crippen molar-refractivity contribution in [3.63, 3.8) is 0 Å². The molecule has 4 nitrogen and oxygen atoms in total. The molecule has 100 valence electrons. The molecule has 0 bridgehead atoms. The quantitative estimate of drug-likeness (QED) is 0.759. The van der Waals surface area contributed by atoms with Crippen molar-refractivity contribution in [3.05, 3.63) is 29.8 Å². The van der Waals surface area contributed by atoms with Crippen LogP contribution in [0.15, 0.2) is 24.3 Å². The molecule has 0 aliphatic heterocycles. The van der Waals surface area contributed by atoms with E-state index in [1.807, 2.05) is 24.3 Å². The molecule has 1 rings (SSSR count). The maximum Gasteiger partial charge on any atom is 0.339 e. The normalized spacial score (nSPS) is 13.8.